The Hall–Kier alpha value is -1.17. The zero-order valence-electron chi connectivity index (χ0n) is 14.2. The fraction of sp³-hybridized carbons (Fsp3) is 0.500. The van der Waals surface area contributed by atoms with Crippen molar-refractivity contribution in [3.8, 4) is 0 Å². The molecule has 0 fully saturated rings. The Morgan fingerprint density at radius 1 is 1.17 bits per heavy atom. The molecule has 0 unspecified atom stereocenters. The van der Waals surface area contributed by atoms with E-state index >= 15 is 0 Å². The highest BCUT2D eigenvalue weighted by Crippen LogP contribution is 2.47. The van der Waals surface area contributed by atoms with E-state index in [0.717, 1.165) is 17.4 Å². The Morgan fingerprint density at radius 2 is 1.52 bits per heavy atom. The smallest absolute Gasteiger partial charge is 0.151 e. The average Bonchev–Trinajstić information content (AvgIpc) is 2.43. The van der Waals surface area contributed by atoms with Crippen LogP contribution < -0.4 is 5.11 Å². The van der Waals surface area contributed by atoms with E-state index in [1.54, 1.807) is 0 Å². The standard InChI is InChI=1S/C15H19BrO3.C3H6O/c1-14(2)9-5-8(7-17)11(16)6-10(9)15(3,4)13(19)12(14)18;1-3(2)4/h5-7,12-13,18-19H,1-4H3;4H,1H2,2H3/p-1/t12-,13+;/m1./s1. The first kappa shape index (κ1) is 19.9. The molecule has 0 saturated heterocycles. The minimum Gasteiger partial charge on any atom is -0.876 e. The topological polar surface area (TPSA) is 80.6 Å². The van der Waals surface area contributed by atoms with Gasteiger partial charge >= 0.3 is 0 Å². The molecule has 4 nitrogen and oxygen atoms in total. The first-order valence-electron chi connectivity index (χ1n) is 7.35. The lowest BCUT2D eigenvalue weighted by Crippen LogP contribution is -2.56. The number of carbonyl (C=O) groups excluding carboxylic acids is 1. The molecule has 1 aliphatic rings. The van der Waals surface area contributed by atoms with Gasteiger partial charge in [0.25, 0.3) is 0 Å². The van der Waals surface area contributed by atoms with E-state index in [2.05, 4.69) is 22.5 Å². The van der Waals surface area contributed by atoms with Gasteiger partial charge < -0.3 is 15.3 Å². The normalized spacial score (nSPS) is 24.0. The fourth-order valence-corrected chi connectivity index (χ4v) is 3.29. The Labute approximate surface area is 146 Å². The van der Waals surface area contributed by atoms with Gasteiger partial charge in [-0.05, 0) is 23.3 Å². The molecule has 0 bridgehead atoms. The minimum absolute atomic E-state index is 0.0833. The summed E-state index contributed by atoms with van der Waals surface area (Å²) in [5.74, 6) is -0.0833. The minimum atomic E-state index is -0.865. The Morgan fingerprint density at radius 3 is 1.87 bits per heavy atom. The summed E-state index contributed by atoms with van der Waals surface area (Å²) < 4.78 is 0.716. The summed E-state index contributed by atoms with van der Waals surface area (Å²) in [7, 11) is 0. The van der Waals surface area contributed by atoms with E-state index in [9.17, 15) is 20.1 Å². The van der Waals surface area contributed by atoms with E-state index in [-0.39, 0.29) is 5.76 Å². The van der Waals surface area contributed by atoms with Crippen LogP contribution in [0.5, 0.6) is 0 Å². The van der Waals surface area contributed by atoms with E-state index < -0.39 is 23.0 Å². The summed E-state index contributed by atoms with van der Waals surface area (Å²) in [5, 5.41) is 30.1. The summed E-state index contributed by atoms with van der Waals surface area (Å²) in [5.41, 5.74) is 1.29. The van der Waals surface area contributed by atoms with Gasteiger partial charge in [-0.1, -0.05) is 50.5 Å². The molecule has 2 rings (SSSR count). The molecule has 0 aromatic heterocycles. The maximum absolute atomic E-state index is 11.1. The lowest BCUT2D eigenvalue weighted by atomic mass is 9.60. The number of hydrogen-bond acceptors (Lipinski definition) is 4. The van der Waals surface area contributed by atoms with Crippen LogP contribution >= 0.6 is 15.9 Å². The Bertz CT molecular complexity index is 616. The van der Waals surface area contributed by atoms with Crippen molar-refractivity contribution in [3.05, 3.63) is 45.6 Å². The van der Waals surface area contributed by atoms with Crippen molar-refractivity contribution < 1.29 is 20.1 Å². The van der Waals surface area contributed by atoms with Crippen LogP contribution in [-0.4, -0.2) is 28.7 Å². The van der Waals surface area contributed by atoms with Gasteiger partial charge in [0.15, 0.2) is 6.29 Å². The number of benzene rings is 1. The molecule has 0 saturated carbocycles. The number of carbonyl (C=O) groups is 1. The van der Waals surface area contributed by atoms with Crippen LogP contribution in [0.1, 0.15) is 56.1 Å². The lowest BCUT2D eigenvalue weighted by Gasteiger charge is -2.49. The molecule has 0 radical (unpaired) electrons. The number of aliphatic hydroxyl groups excluding tert-OH is 2. The van der Waals surface area contributed by atoms with Crippen molar-refractivity contribution in [1.82, 2.24) is 0 Å². The summed E-state index contributed by atoms with van der Waals surface area (Å²) >= 11 is 3.38. The first-order chi connectivity index (χ1) is 10.4. The van der Waals surface area contributed by atoms with Crippen LogP contribution in [0.25, 0.3) is 0 Å². The van der Waals surface area contributed by atoms with E-state index in [1.807, 2.05) is 39.8 Å². The van der Waals surface area contributed by atoms with Crippen molar-refractivity contribution >= 4 is 22.2 Å². The van der Waals surface area contributed by atoms with E-state index in [0.29, 0.717) is 10.0 Å². The Kier molecular flexibility index (Phi) is 5.83. The molecule has 5 heteroatoms. The van der Waals surface area contributed by atoms with Crippen LogP contribution in [0.4, 0.5) is 0 Å². The SMILES string of the molecule is C=C(C)[O-].CC1(C)c2cc(C=O)c(Br)cc2C(C)(C)[C@@H](O)[C@H]1O. The molecule has 2 atom stereocenters. The van der Waals surface area contributed by atoms with Crippen molar-refractivity contribution in [1.29, 1.82) is 0 Å². The third-order valence-corrected chi connectivity index (χ3v) is 5.12. The molecular formula is C18H24BrO4-. The van der Waals surface area contributed by atoms with E-state index in [4.69, 9.17) is 0 Å². The molecule has 1 aliphatic carbocycles. The number of halogens is 1. The summed E-state index contributed by atoms with van der Waals surface area (Å²) in [4.78, 5) is 11.1. The monoisotopic (exact) mass is 383 g/mol. The molecule has 0 spiro atoms. The predicted octanol–water partition coefficient (Wildman–Crippen LogP) is 2.43. The van der Waals surface area contributed by atoms with Gasteiger partial charge in [0.05, 0.1) is 12.2 Å². The molecule has 1 aromatic rings. The third kappa shape index (κ3) is 3.67. The number of rotatable bonds is 1. The second-order valence-electron chi connectivity index (χ2n) is 7.07. The fourth-order valence-electron chi connectivity index (χ4n) is 2.85. The highest BCUT2D eigenvalue weighted by atomic mass is 79.9. The number of aldehydes is 1. The predicted molar refractivity (Wildman–Crippen MR) is 92.4 cm³/mol. The largest absolute Gasteiger partial charge is 0.876 e. The van der Waals surface area contributed by atoms with Crippen LogP contribution in [0.15, 0.2) is 28.9 Å². The van der Waals surface area contributed by atoms with Crippen molar-refractivity contribution in [3.63, 3.8) is 0 Å². The highest BCUT2D eigenvalue weighted by Gasteiger charge is 2.50. The Balaban J connectivity index is 0.000000593. The van der Waals surface area contributed by atoms with Crippen LogP contribution in [0.3, 0.4) is 0 Å². The summed E-state index contributed by atoms with van der Waals surface area (Å²) in [6.07, 6.45) is -0.912. The molecule has 2 N–H and O–H groups in total. The highest BCUT2D eigenvalue weighted by molar-refractivity contribution is 9.10. The second-order valence-corrected chi connectivity index (χ2v) is 7.93. The van der Waals surface area contributed by atoms with Gasteiger partial charge in [-0.25, -0.2) is 0 Å². The number of hydrogen-bond donors (Lipinski definition) is 2. The zero-order chi connectivity index (χ0) is 18.2. The number of allylic oxidation sites excluding steroid dienone is 1. The maximum atomic E-state index is 11.1. The average molecular weight is 384 g/mol. The molecule has 0 aliphatic heterocycles. The molecule has 1 aromatic carbocycles. The van der Waals surface area contributed by atoms with Crippen molar-refractivity contribution in [2.45, 2.75) is 57.7 Å². The number of fused-ring (bicyclic) bond motifs is 1. The molecular weight excluding hydrogens is 360 g/mol. The molecule has 0 amide bonds. The van der Waals surface area contributed by atoms with Crippen molar-refractivity contribution in [2.75, 3.05) is 0 Å². The van der Waals surface area contributed by atoms with Crippen LogP contribution in [0, 0.1) is 0 Å². The second kappa shape index (κ2) is 6.75. The van der Waals surface area contributed by atoms with Gasteiger partial charge in [-0.3, -0.25) is 4.79 Å². The summed E-state index contributed by atoms with van der Waals surface area (Å²) in [6.45, 7) is 12.0. The molecule has 128 valence electrons. The van der Waals surface area contributed by atoms with Gasteiger partial charge in [-0.2, -0.15) is 0 Å². The first-order valence-corrected chi connectivity index (χ1v) is 8.15. The molecule has 23 heavy (non-hydrogen) atoms. The number of aliphatic hydroxyl groups is 2. The van der Waals surface area contributed by atoms with Crippen LogP contribution in [0.2, 0.25) is 0 Å². The third-order valence-electron chi connectivity index (χ3n) is 4.43. The van der Waals surface area contributed by atoms with Crippen molar-refractivity contribution in [2.24, 2.45) is 0 Å². The maximum Gasteiger partial charge on any atom is 0.151 e. The lowest BCUT2D eigenvalue weighted by molar-refractivity contribution is -0.300. The zero-order valence-corrected chi connectivity index (χ0v) is 15.8. The quantitative estimate of drug-likeness (QED) is 0.576. The molecule has 0 heterocycles. The van der Waals surface area contributed by atoms with Gasteiger partial charge in [0.1, 0.15) is 0 Å². The van der Waals surface area contributed by atoms with Crippen LogP contribution in [-0.2, 0) is 10.8 Å². The van der Waals surface area contributed by atoms with Gasteiger partial charge in [0.2, 0.25) is 0 Å². The van der Waals surface area contributed by atoms with Gasteiger partial charge in [-0.15, -0.1) is 12.3 Å². The van der Waals surface area contributed by atoms with Gasteiger partial charge in [0, 0.05) is 20.9 Å². The summed E-state index contributed by atoms with van der Waals surface area (Å²) in [6, 6.07) is 3.69. The van der Waals surface area contributed by atoms with E-state index in [1.165, 1.54) is 6.92 Å².